The summed E-state index contributed by atoms with van der Waals surface area (Å²) in [4.78, 5) is 0. The summed E-state index contributed by atoms with van der Waals surface area (Å²) in [5.41, 5.74) is 11.1. The van der Waals surface area contributed by atoms with Crippen molar-refractivity contribution in [3.05, 3.63) is 151 Å². The Kier molecular flexibility index (Phi) is 4.62. The van der Waals surface area contributed by atoms with Gasteiger partial charge in [0.15, 0.2) is 0 Å². The Morgan fingerprint density at radius 3 is 1.13 bits per heavy atom. The third-order valence-electron chi connectivity index (χ3n) is 10.2. The van der Waals surface area contributed by atoms with E-state index in [1.165, 1.54) is 43.6 Å². The fraction of sp³-hybridized carbons (Fsp3) is 0. The number of nitrogens with zero attached hydrogens (tertiary/aromatic N) is 4. The van der Waals surface area contributed by atoms with E-state index in [1.807, 2.05) is 0 Å². The van der Waals surface area contributed by atoms with Crippen LogP contribution in [0.4, 0.5) is 0 Å². The monoisotopic (exact) mass is 596 g/mol. The molecule has 0 spiro atoms. The van der Waals surface area contributed by atoms with Gasteiger partial charge >= 0.3 is 0 Å². The van der Waals surface area contributed by atoms with Gasteiger partial charge in [0.25, 0.3) is 0 Å². The van der Waals surface area contributed by atoms with Crippen LogP contribution in [0.1, 0.15) is 5.56 Å². The van der Waals surface area contributed by atoms with Crippen LogP contribution in [0.3, 0.4) is 0 Å². The summed E-state index contributed by atoms with van der Waals surface area (Å²) in [6, 6.07) is 54.6. The maximum atomic E-state index is 10.2. The van der Waals surface area contributed by atoms with E-state index in [0.717, 1.165) is 49.5 Å². The molecule has 4 nitrogen and oxygen atoms in total. The van der Waals surface area contributed by atoms with Crippen LogP contribution < -0.4 is 0 Å². The maximum Gasteiger partial charge on any atom is 0.0992 e. The number of aromatic nitrogens is 3. The summed E-state index contributed by atoms with van der Waals surface area (Å²) in [6.45, 7) is 0. The third kappa shape index (κ3) is 3.10. The Balaban J connectivity index is 1.22. The molecule has 216 valence electrons. The van der Waals surface area contributed by atoms with Crippen molar-refractivity contribution in [2.45, 2.75) is 0 Å². The van der Waals surface area contributed by atoms with Crippen molar-refractivity contribution in [2.24, 2.45) is 0 Å². The summed E-state index contributed by atoms with van der Waals surface area (Å²) in [5.74, 6) is 0. The van der Waals surface area contributed by atoms with Gasteiger partial charge in [-0.25, -0.2) is 0 Å². The van der Waals surface area contributed by atoms with E-state index in [0.29, 0.717) is 5.56 Å². The first kappa shape index (κ1) is 24.7. The van der Waals surface area contributed by atoms with Crippen molar-refractivity contribution in [2.75, 3.05) is 0 Å². The highest BCUT2D eigenvalue weighted by Crippen LogP contribution is 2.42. The molecule has 0 atom stereocenters. The van der Waals surface area contributed by atoms with Crippen LogP contribution in [0.5, 0.6) is 0 Å². The zero-order chi connectivity index (χ0) is 30.8. The molecule has 0 aliphatic rings. The SMILES string of the molecule is N#Cc1cc2c3cc(-n4c5ccccc5c5ccccc54)ccc3n3c4ccc(-n5c6ccccc6c6ccccc65)cc4c(c1)c23. The predicted molar refractivity (Wildman–Crippen MR) is 194 cm³/mol. The molecule has 0 saturated heterocycles. The van der Waals surface area contributed by atoms with Crippen LogP contribution in [0.2, 0.25) is 0 Å². The molecule has 47 heavy (non-hydrogen) atoms. The average molecular weight is 597 g/mol. The van der Waals surface area contributed by atoms with Gasteiger partial charge in [-0.1, -0.05) is 72.8 Å². The van der Waals surface area contributed by atoms with Crippen LogP contribution >= 0.6 is 0 Å². The highest BCUT2D eigenvalue weighted by Gasteiger charge is 2.21. The van der Waals surface area contributed by atoms with Crippen molar-refractivity contribution < 1.29 is 0 Å². The Hall–Kier alpha value is -6.57. The molecule has 0 amide bonds. The van der Waals surface area contributed by atoms with Crippen LogP contribution in [0.25, 0.3) is 93.1 Å². The smallest absolute Gasteiger partial charge is 0.0992 e. The fourth-order valence-corrected chi connectivity index (χ4v) is 8.27. The number of benzene rings is 7. The number of hydrogen-bond acceptors (Lipinski definition) is 1. The molecule has 0 unspecified atom stereocenters. The first-order valence-electron chi connectivity index (χ1n) is 15.9. The van der Waals surface area contributed by atoms with Gasteiger partial charge < -0.3 is 13.5 Å². The van der Waals surface area contributed by atoms with Gasteiger partial charge in [0.05, 0.1) is 50.2 Å². The molecule has 0 bridgehead atoms. The molecule has 7 aromatic carbocycles. The van der Waals surface area contributed by atoms with E-state index in [-0.39, 0.29) is 0 Å². The van der Waals surface area contributed by atoms with Gasteiger partial charge in [-0.15, -0.1) is 0 Å². The Morgan fingerprint density at radius 2 is 0.745 bits per heavy atom. The standard InChI is InChI=1S/C43H24N4/c44-25-26-21-35-33-23-27(45-37-13-5-1-9-29(37)30-10-2-6-14-38(30)45)17-19-41(33)47-42-20-18-28(24-34(42)36(22-26)43(35)47)46-39-15-7-3-11-31(39)32-12-4-8-16-40(32)46/h1-24H. The molecule has 0 aliphatic carbocycles. The molecular formula is C43H24N4. The molecule has 11 aromatic rings. The summed E-state index contributed by atoms with van der Waals surface area (Å²) in [5, 5.41) is 19.7. The minimum absolute atomic E-state index is 0.670. The largest absolute Gasteiger partial charge is 0.309 e. The van der Waals surface area contributed by atoms with Gasteiger partial charge in [0, 0.05) is 54.5 Å². The normalized spacial score (nSPS) is 12.2. The van der Waals surface area contributed by atoms with E-state index in [1.54, 1.807) is 0 Å². The quantitative estimate of drug-likeness (QED) is 0.196. The van der Waals surface area contributed by atoms with Gasteiger partial charge in [-0.2, -0.15) is 5.26 Å². The molecule has 4 heteroatoms. The molecule has 4 aromatic heterocycles. The molecule has 11 rings (SSSR count). The number of hydrogen-bond donors (Lipinski definition) is 0. The lowest BCUT2D eigenvalue weighted by molar-refractivity contribution is 1.18. The maximum absolute atomic E-state index is 10.2. The lowest BCUT2D eigenvalue weighted by atomic mass is 10.0. The van der Waals surface area contributed by atoms with Crippen molar-refractivity contribution in [1.29, 1.82) is 5.26 Å². The van der Waals surface area contributed by atoms with Crippen molar-refractivity contribution in [3.8, 4) is 17.4 Å². The molecule has 0 aliphatic heterocycles. The van der Waals surface area contributed by atoms with Crippen LogP contribution in [0.15, 0.2) is 146 Å². The fourth-order valence-electron chi connectivity index (χ4n) is 8.27. The van der Waals surface area contributed by atoms with Crippen molar-refractivity contribution >= 4 is 81.7 Å². The molecule has 0 saturated carbocycles. The van der Waals surface area contributed by atoms with Crippen molar-refractivity contribution in [1.82, 2.24) is 13.5 Å². The topological polar surface area (TPSA) is 38.1 Å². The number of fused-ring (bicyclic) bond motifs is 12. The van der Waals surface area contributed by atoms with E-state index in [9.17, 15) is 5.26 Å². The molecule has 0 N–H and O–H groups in total. The zero-order valence-corrected chi connectivity index (χ0v) is 25.1. The van der Waals surface area contributed by atoms with E-state index >= 15 is 0 Å². The first-order valence-corrected chi connectivity index (χ1v) is 15.9. The number of nitriles is 1. The lowest BCUT2D eigenvalue weighted by Gasteiger charge is -2.10. The van der Waals surface area contributed by atoms with Gasteiger partial charge in [-0.05, 0) is 72.8 Å². The van der Waals surface area contributed by atoms with Crippen LogP contribution in [-0.4, -0.2) is 13.5 Å². The van der Waals surface area contributed by atoms with Crippen molar-refractivity contribution in [3.63, 3.8) is 0 Å². The summed E-state index contributed by atoms with van der Waals surface area (Å²) in [6.07, 6.45) is 0. The summed E-state index contributed by atoms with van der Waals surface area (Å²) in [7, 11) is 0. The second-order valence-electron chi connectivity index (χ2n) is 12.5. The van der Waals surface area contributed by atoms with Crippen LogP contribution in [0, 0.1) is 11.3 Å². The highest BCUT2D eigenvalue weighted by molar-refractivity contribution is 6.24. The molecule has 0 fully saturated rings. The third-order valence-corrected chi connectivity index (χ3v) is 10.2. The van der Waals surface area contributed by atoms with Gasteiger partial charge in [-0.3, -0.25) is 0 Å². The summed E-state index contributed by atoms with van der Waals surface area (Å²) >= 11 is 0. The minimum atomic E-state index is 0.670. The van der Waals surface area contributed by atoms with E-state index in [2.05, 4.69) is 165 Å². The molecule has 4 heterocycles. The Bertz CT molecular complexity index is 2840. The second-order valence-corrected chi connectivity index (χ2v) is 12.5. The predicted octanol–water partition coefficient (Wildman–Crippen LogP) is 10.9. The first-order chi connectivity index (χ1) is 23.3. The Labute approximate surface area is 268 Å². The average Bonchev–Trinajstić information content (AvgIpc) is 3.85. The molecular weight excluding hydrogens is 573 g/mol. The van der Waals surface area contributed by atoms with E-state index in [4.69, 9.17) is 0 Å². The minimum Gasteiger partial charge on any atom is -0.309 e. The summed E-state index contributed by atoms with van der Waals surface area (Å²) < 4.78 is 7.11. The molecule has 0 radical (unpaired) electrons. The van der Waals surface area contributed by atoms with Gasteiger partial charge in [0.1, 0.15) is 0 Å². The highest BCUT2D eigenvalue weighted by atomic mass is 15.0. The van der Waals surface area contributed by atoms with Gasteiger partial charge in [0.2, 0.25) is 0 Å². The second kappa shape index (κ2) is 8.78. The number of para-hydroxylation sites is 4. The lowest BCUT2D eigenvalue weighted by Crippen LogP contribution is -1.94. The zero-order valence-electron chi connectivity index (χ0n) is 25.1. The Morgan fingerprint density at radius 1 is 0.362 bits per heavy atom. The number of rotatable bonds is 2. The van der Waals surface area contributed by atoms with E-state index < -0.39 is 0 Å². The van der Waals surface area contributed by atoms with Crippen LogP contribution in [-0.2, 0) is 0 Å².